The molecule has 0 radical (unpaired) electrons. The number of carbonyl (C=O) groups excluding carboxylic acids is 1. The van der Waals surface area contributed by atoms with Gasteiger partial charge in [0.05, 0.1) is 6.04 Å². The Balaban J connectivity index is 2.35. The molecule has 0 fully saturated rings. The maximum atomic E-state index is 11.6. The van der Waals surface area contributed by atoms with Gasteiger partial charge in [0.25, 0.3) is 0 Å². The summed E-state index contributed by atoms with van der Waals surface area (Å²) in [5.41, 5.74) is 5.56. The Morgan fingerprint density at radius 2 is 2.31 bits per heavy atom. The number of hydrogen-bond acceptors (Lipinski definition) is 3. The van der Waals surface area contributed by atoms with Crippen LogP contribution in [0.5, 0.6) is 0 Å². The van der Waals surface area contributed by atoms with Crippen LogP contribution in [0.2, 0.25) is 0 Å². The molecule has 0 spiro atoms. The highest BCUT2D eigenvalue weighted by molar-refractivity contribution is 7.10. The Morgan fingerprint density at radius 3 is 2.81 bits per heavy atom. The van der Waals surface area contributed by atoms with Crippen molar-refractivity contribution in [3.05, 3.63) is 22.4 Å². The van der Waals surface area contributed by atoms with Crippen molar-refractivity contribution in [2.75, 3.05) is 0 Å². The molecule has 0 aliphatic rings. The summed E-state index contributed by atoms with van der Waals surface area (Å²) in [7, 11) is 0. The van der Waals surface area contributed by atoms with Gasteiger partial charge in [-0.2, -0.15) is 0 Å². The van der Waals surface area contributed by atoms with Gasteiger partial charge in [0, 0.05) is 16.8 Å². The zero-order valence-electron chi connectivity index (χ0n) is 10.1. The Kier molecular flexibility index (Phi) is 4.50. The molecule has 1 rings (SSSR count). The summed E-state index contributed by atoms with van der Waals surface area (Å²) >= 11 is 1.66. The summed E-state index contributed by atoms with van der Waals surface area (Å²) in [6, 6.07) is 4.11. The molecule has 16 heavy (non-hydrogen) atoms. The maximum absolute atomic E-state index is 11.6. The molecule has 1 aromatic rings. The second-order valence-corrected chi connectivity index (χ2v) is 5.77. The third-order valence-corrected chi connectivity index (χ3v) is 3.40. The molecule has 0 aromatic carbocycles. The van der Waals surface area contributed by atoms with E-state index < -0.39 is 0 Å². The Hall–Kier alpha value is -0.870. The predicted octanol–water partition coefficient (Wildman–Crippen LogP) is 2.44. The Morgan fingerprint density at radius 1 is 1.62 bits per heavy atom. The van der Waals surface area contributed by atoms with E-state index in [4.69, 9.17) is 5.73 Å². The quantitative estimate of drug-likeness (QED) is 0.830. The highest BCUT2D eigenvalue weighted by Gasteiger charge is 2.15. The normalized spacial score (nSPS) is 13.5. The lowest BCUT2D eigenvalue weighted by atomic mass is 10.00. The van der Waals surface area contributed by atoms with Crippen LogP contribution in [-0.2, 0) is 4.79 Å². The fourth-order valence-corrected chi connectivity index (χ4v) is 2.09. The number of rotatable bonds is 5. The largest absolute Gasteiger partial charge is 0.349 e. The van der Waals surface area contributed by atoms with Crippen molar-refractivity contribution in [1.82, 2.24) is 5.32 Å². The molecular formula is C12H20N2OS. The van der Waals surface area contributed by atoms with E-state index in [9.17, 15) is 4.79 Å². The predicted molar refractivity (Wildman–Crippen MR) is 68.4 cm³/mol. The highest BCUT2D eigenvalue weighted by Crippen LogP contribution is 2.18. The lowest BCUT2D eigenvalue weighted by Gasteiger charge is -2.18. The van der Waals surface area contributed by atoms with Crippen LogP contribution in [0.25, 0.3) is 0 Å². The average Bonchev–Trinajstić information content (AvgIpc) is 2.66. The molecule has 0 unspecified atom stereocenters. The van der Waals surface area contributed by atoms with Gasteiger partial charge in [0.15, 0.2) is 0 Å². The fraction of sp³-hybridized carbons (Fsp3) is 0.583. The molecule has 1 aromatic heterocycles. The molecule has 3 N–H and O–H groups in total. The first-order valence-electron chi connectivity index (χ1n) is 5.50. The third kappa shape index (κ3) is 4.77. The van der Waals surface area contributed by atoms with Crippen molar-refractivity contribution in [2.45, 2.75) is 45.2 Å². The number of thiophene rings is 1. The number of hydrogen-bond donors (Lipinski definition) is 2. The molecular weight excluding hydrogens is 220 g/mol. The van der Waals surface area contributed by atoms with Gasteiger partial charge in [0.1, 0.15) is 0 Å². The van der Waals surface area contributed by atoms with Crippen LogP contribution in [0.3, 0.4) is 0 Å². The van der Waals surface area contributed by atoms with Crippen LogP contribution in [0.1, 0.15) is 44.5 Å². The Bertz CT molecular complexity index is 327. The SMILES string of the molecule is C[C@@H](NC(=O)CCC(C)(C)N)c1cccs1. The maximum Gasteiger partial charge on any atom is 0.220 e. The minimum atomic E-state index is -0.274. The molecule has 0 aliphatic carbocycles. The van der Waals surface area contributed by atoms with Crippen molar-refractivity contribution >= 4 is 17.2 Å². The molecule has 3 nitrogen and oxygen atoms in total. The summed E-state index contributed by atoms with van der Waals surface area (Å²) in [4.78, 5) is 12.8. The zero-order valence-corrected chi connectivity index (χ0v) is 10.9. The summed E-state index contributed by atoms with van der Waals surface area (Å²) < 4.78 is 0. The van der Waals surface area contributed by atoms with Crippen molar-refractivity contribution in [3.8, 4) is 0 Å². The van der Waals surface area contributed by atoms with Gasteiger partial charge < -0.3 is 11.1 Å². The number of nitrogens with one attached hydrogen (secondary N) is 1. The molecule has 4 heteroatoms. The highest BCUT2D eigenvalue weighted by atomic mass is 32.1. The zero-order chi connectivity index (χ0) is 12.2. The van der Waals surface area contributed by atoms with Crippen molar-refractivity contribution in [1.29, 1.82) is 0 Å². The molecule has 1 amide bonds. The first-order valence-corrected chi connectivity index (χ1v) is 6.38. The van der Waals surface area contributed by atoms with Crippen molar-refractivity contribution in [3.63, 3.8) is 0 Å². The fourth-order valence-electron chi connectivity index (χ4n) is 1.36. The van der Waals surface area contributed by atoms with E-state index in [2.05, 4.69) is 5.32 Å². The summed E-state index contributed by atoms with van der Waals surface area (Å²) in [5.74, 6) is 0.0689. The first-order chi connectivity index (χ1) is 7.38. The van der Waals surface area contributed by atoms with E-state index in [1.807, 2.05) is 38.3 Å². The van der Waals surface area contributed by atoms with Crippen molar-refractivity contribution in [2.24, 2.45) is 5.73 Å². The number of nitrogens with two attached hydrogens (primary N) is 1. The minimum Gasteiger partial charge on any atom is -0.349 e. The monoisotopic (exact) mass is 240 g/mol. The number of amides is 1. The summed E-state index contributed by atoms with van der Waals surface area (Å²) in [6.45, 7) is 5.86. The van der Waals surface area contributed by atoms with Gasteiger partial charge in [-0.1, -0.05) is 6.07 Å². The van der Waals surface area contributed by atoms with E-state index in [0.29, 0.717) is 12.8 Å². The molecule has 0 saturated heterocycles. The van der Waals surface area contributed by atoms with Crippen LogP contribution in [0.15, 0.2) is 17.5 Å². The van der Waals surface area contributed by atoms with Crippen molar-refractivity contribution < 1.29 is 4.79 Å². The third-order valence-electron chi connectivity index (χ3n) is 2.34. The van der Waals surface area contributed by atoms with Gasteiger partial charge in [-0.05, 0) is 38.6 Å². The first kappa shape index (κ1) is 13.2. The smallest absolute Gasteiger partial charge is 0.220 e. The van der Waals surface area contributed by atoms with Gasteiger partial charge in [-0.25, -0.2) is 0 Å². The number of carbonyl (C=O) groups is 1. The van der Waals surface area contributed by atoms with Gasteiger partial charge in [-0.15, -0.1) is 11.3 Å². The standard InChI is InChI=1S/C12H20N2OS/c1-9(10-5-4-8-16-10)14-11(15)6-7-12(2,3)13/h4-5,8-9H,6-7,13H2,1-3H3,(H,14,15)/t9-/m1/s1. The van der Waals surface area contributed by atoms with Gasteiger partial charge in [-0.3, -0.25) is 4.79 Å². The molecule has 90 valence electrons. The topological polar surface area (TPSA) is 55.1 Å². The van der Waals surface area contributed by atoms with Crippen LogP contribution in [0.4, 0.5) is 0 Å². The van der Waals surface area contributed by atoms with Crippen LogP contribution in [-0.4, -0.2) is 11.4 Å². The molecule has 0 aliphatic heterocycles. The molecule has 1 atom stereocenters. The second-order valence-electron chi connectivity index (χ2n) is 4.79. The van der Waals surface area contributed by atoms with E-state index in [-0.39, 0.29) is 17.5 Å². The lowest BCUT2D eigenvalue weighted by Crippen LogP contribution is -2.34. The average molecular weight is 240 g/mol. The lowest BCUT2D eigenvalue weighted by molar-refractivity contribution is -0.122. The van der Waals surface area contributed by atoms with Crippen LogP contribution in [0, 0.1) is 0 Å². The summed E-state index contributed by atoms with van der Waals surface area (Å²) in [5, 5.41) is 4.99. The van der Waals surface area contributed by atoms with E-state index in [1.165, 1.54) is 4.88 Å². The van der Waals surface area contributed by atoms with E-state index >= 15 is 0 Å². The molecule has 1 heterocycles. The van der Waals surface area contributed by atoms with E-state index in [0.717, 1.165) is 0 Å². The molecule has 0 bridgehead atoms. The summed E-state index contributed by atoms with van der Waals surface area (Å²) in [6.07, 6.45) is 1.19. The van der Waals surface area contributed by atoms with Gasteiger partial charge >= 0.3 is 0 Å². The molecule has 0 saturated carbocycles. The second kappa shape index (κ2) is 5.46. The van der Waals surface area contributed by atoms with Crippen LogP contribution < -0.4 is 11.1 Å². The minimum absolute atomic E-state index is 0.0689. The van der Waals surface area contributed by atoms with Gasteiger partial charge in [0.2, 0.25) is 5.91 Å². The Labute approximate surface area is 101 Å². The van der Waals surface area contributed by atoms with Crippen LogP contribution >= 0.6 is 11.3 Å². The van der Waals surface area contributed by atoms with E-state index in [1.54, 1.807) is 11.3 Å².